The summed E-state index contributed by atoms with van der Waals surface area (Å²) < 4.78 is 5.47. The zero-order valence-electron chi connectivity index (χ0n) is 12.9. The van der Waals surface area contributed by atoms with Gasteiger partial charge in [-0.15, -0.1) is 0 Å². The molecular formula is C15H22N2O7. The Bertz CT molecular complexity index is 553. The van der Waals surface area contributed by atoms with Crippen LogP contribution in [0.15, 0.2) is 24.3 Å². The first-order valence-electron chi connectivity index (χ1n) is 7.48. The van der Waals surface area contributed by atoms with E-state index in [1.165, 1.54) is 17.0 Å². The van der Waals surface area contributed by atoms with Crippen LogP contribution in [0.5, 0.6) is 5.75 Å². The molecule has 0 bridgehead atoms. The fourth-order valence-corrected chi connectivity index (χ4v) is 2.69. The van der Waals surface area contributed by atoms with Crippen molar-refractivity contribution in [3.05, 3.63) is 29.8 Å². The van der Waals surface area contributed by atoms with Gasteiger partial charge in [0, 0.05) is 12.1 Å². The number of amides is 1. The van der Waals surface area contributed by atoms with Gasteiger partial charge >= 0.3 is 0 Å². The highest BCUT2D eigenvalue weighted by Crippen LogP contribution is 2.23. The molecule has 0 aromatic heterocycles. The zero-order valence-corrected chi connectivity index (χ0v) is 12.9. The van der Waals surface area contributed by atoms with Gasteiger partial charge in [0.05, 0.1) is 12.6 Å². The number of carbonyl (C=O) groups is 1. The molecule has 1 aliphatic heterocycles. The molecule has 134 valence electrons. The molecule has 9 heteroatoms. The lowest BCUT2D eigenvalue weighted by Crippen LogP contribution is -2.67. The molecule has 0 radical (unpaired) electrons. The average molecular weight is 342 g/mol. The van der Waals surface area contributed by atoms with Crippen molar-refractivity contribution in [2.75, 3.05) is 19.8 Å². The van der Waals surface area contributed by atoms with E-state index in [9.17, 15) is 30.3 Å². The molecule has 1 aliphatic rings. The summed E-state index contributed by atoms with van der Waals surface area (Å²) in [6.07, 6.45) is -5.95. The number of aliphatic hydroxyl groups excluding tert-OH is 5. The molecule has 1 heterocycles. The molecule has 0 saturated carbocycles. The Kier molecular flexibility index (Phi) is 6.10. The summed E-state index contributed by atoms with van der Waals surface area (Å²) in [7, 11) is 0. The van der Waals surface area contributed by atoms with E-state index in [0.717, 1.165) is 0 Å². The van der Waals surface area contributed by atoms with Gasteiger partial charge in [0.2, 0.25) is 5.91 Å². The topological polar surface area (TPSA) is 157 Å². The second kappa shape index (κ2) is 7.88. The molecule has 0 spiro atoms. The Morgan fingerprint density at radius 3 is 2.25 bits per heavy atom. The molecule has 7 N–H and O–H groups in total. The summed E-state index contributed by atoms with van der Waals surface area (Å²) in [5.74, 6) is -0.0847. The molecular weight excluding hydrogens is 320 g/mol. The third-order valence-corrected chi connectivity index (χ3v) is 4.11. The lowest BCUT2D eigenvalue weighted by molar-refractivity contribution is -0.223. The molecule has 1 saturated heterocycles. The number of nitrogens with two attached hydrogens (primary N) is 1. The van der Waals surface area contributed by atoms with E-state index in [0.29, 0.717) is 11.3 Å². The van der Waals surface area contributed by atoms with Crippen LogP contribution in [0.25, 0.3) is 0 Å². The number of primary amides is 1. The number of hydrogen-bond acceptors (Lipinski definition) is 8. The van der Waals surface area contributed by atoms with Crippen molar-refractivity contribution in [3.63, 3.8) is 0 Å². The van der Waals surface area contributed by atoms with Crippen LogP contribution in [0.1, 0.15) is 10.4 Å². The molecule has 9 nitrogen and oxygen atoms in total. The number of likely N-dealkylation sites (tertiary alicyclic amines) is 1. The predicted molar refractivity (Wildman–Crippen MR) is 82.1 cm³/mol. The van der Waals surface area contributed by atoms with Crippen molar-refractivity contribution in [2.24, 2.45) is 5.73 Å². The van der Waals surface area contributed by atoms with Crippen LogP contribution < -0.4 is 10.5 Å². The number of hydrogen-bond donors (Lipinski definition) is 6. The number of aliphatic hydroxyl groups is 5. The van der Waals surface area contributed by atoms with Crippen molar-refractivity contribution in [2.45, 2.75) is 30.6 Å². The second-order valence-electron chi connectivity index (χ2n) is 5.61. The highest BCUT2D eigenvalue weighted by atomic mass is 16.5. The Balaban J connectivity index is 1.95. The minimum Gasteiger partial charge on any atom is -0.492 e. The van der Waals surface area contributed by atoms with Crippen LogP contribution in [0.3, 0.4) is 0 Å². The molecule has 2 rings (SSSR count). The van der Waals surface area contributed by atoms with Crippen molar-refractivity contribution in [1.29, 1.82) is 0 Å². The standard InChI is InChI=1S/C15H22N2O7/c16-14(22)8-1-3-9(4-2-8)24-6-5-17-10(7-18)11(19)12(20)13(21)15(17)23/h1-4,10-13,15,18-21,23H,5-7H2,(H2,16,22)/t10-,11-,12+,13-,15?/m1/s1. The van der Waals surface area contributed by atoms with Gasteiger partial charge in [0.25, 0.3) is 0 Å². The van der Waals surface area contributed by atoms with Gasteiger partial charge in [-0.3, -0.25) is 9.69 Å². The van der Waals surface area contributed by atoms with Gasteiger partial charge in [-0.25, -0.2) is 0 Å². The lowest BCUT2D eigenvalue weighted by atomic mass is 9.93. The smallest absolute Gasteiger partial charge is 0.248 e. The van der Waals surface area contributed by atoms with Gasteiger partial charge in [0.1, 0.15) is 36.9 Å². The van der Waals surface area contributed by atoms with Crippen LogP contribution >= 0.6 is 0 Å². The molecule has 5 atom stereocenters. The molecule has 1 aromatic carbocycles. The van der Waals surface area contributed by atoms with Gasteiger partial charge in [-0.05, 0) is 24.3 Å². The fourth-order valence-electron chi connectivity index (χ4n) is 2.69. The second-order valence-corrected chi connectivity index (χ2v) is 5.61. The van der Waals surface area contributed by atoms with Crippen molar-refractivity contribution < 1.29 is 35.1 Å². The maximum absolute atomic E-state index is 11.0. The summed E-state index contributed by atoms with van der Waals surface area (Å²) >= 11 is 0. The number of rotatable bonds is 6. The number of nitrogens with zero attached hydrogens (tertiary/aromatic N) is 1. The van der Waals surface area contributed by atoms with Crippen LogP contribution in [0.2, 0.25) is 0 Å². The summed E-state index contributed by atoms with van der Waals surface area (Å²) in [6, 6.07) is 5.20. The number of ether oxygens (including phenoxy) is 1. The Labute approximate surface area is 138 Å². The van der Waals surface area contributed by atoms with E-state index >= 15 is 0 Å². The fraction of sp³-hybridized carbons (Fsp3) is 0.533. The highest BCUT2D eigenvalue weighted by Gasteiger charge is 2.46. The van der Waals surface area contributed by atoms with E-state index in [4.69, 9.17) is 10.5 Å². The number of benzene rings is 1. The quantitative estimate of drug-likeness (QED) is 0.325. The summed E-state index contributed by atoms with van der Waals surface area (Å²) in [5, 5.41) is 48.6. The zero-order chi connectivity index (χ0) is 17.9. The van der Waals surface area contributed by atoms with Crippen LogP contribution in [0.4, 0.5) is 0 Å². The molecule has 0 aliphatic carbocycles. The lowest BCUT2D eigenvalue weighted by Gasteiger charge is -2.46. The van der Waals surface area contributed by atoms with Gasteiger partial charge in [0.15, 0.2) is 0 Å². The third kappa shape index (κ3) is 3.83. The first-order chi connectivity index (χ1) is 11.4. The van der Waals surface area contributed by atoms with E-state index < -0.39 is 43.1 Å². The Morgan fingerprint density at radius 2 is 1.71 bits per heavy atom. The third-order valence-electron chi connectivity index (χ3n) is 4.11. The van der Waals surface area contributed by atoms with E-state index in [1.54, 1.807) is 12.1 Å². The van der Waals surface area contributed by atoms with Crippen LogP contribution in [-0.2, 0) is 0 Å². The maximum Gasteiger partial charge on any atom is 0.248 e. The summed E-state index contributed by atoms with van der Waals surface area (Å²) in [5.41, 5.74) is 5.48. The van der Waals surface area contributed by atoms with Crippen LogP contribution in [-0.4, -0.2) is 86.7 Å². The highest BCUT2D eigenvalue weighted by molar-refractivity contribution is 5.92. The first kappa shape index (κ1) is 18.6. The minimum atomic E-state index is -1.56. The van der Waals surface area contributed by atoms with Gasteiger partial charge in [-0.1, -0.05) is 0 Å². The van der Waals surface area contributed by atoms with E-state index in [-0.39, 0.29) is 13.2 Å². The molecule has 1 amide bonds. The van der Waals surface area contributed by atoms with E-state index in [1.807, 2.05) is 0 Å². The molecule has 24 heavy (non-hydrogen) atoms. The largest absolute Gasteiger partial charge is 0.492 e. The normalized spacial score (nSPS) is 31.0. The van der Waals surface area contributed by atoms with E-state index in [2.05, 4.69) is 0 Å². The minimum absolute atomic E-state index is 0.0824. The molecule has 1 fully saturated rings. The number of carbonyl (C=O) groups excluding carboxylic acids is 1. The molecule has 1 aromatic rings. The predicted octanol–water partition coefficient (Wildman–Crippen LogP) is -2.76. The van der Waals surface area contributed by atoms with Crippen molar-refractivity contribution >= 4 is 5.91 Å². The summed E-state index contributed by atoms with van der Waals surface area (Å²) in [4.78, 5) is 12.2. The molecule has 1 unspecified atom stereocenters. The number of piperidine rings is 1. The van der Waals surface area contributed by atoms with Crippen molar-refractivity contribution in [1.82, 2.24) is 4.90 Å². The van der Waals surface area contributed by atoms with Gasteiger partial charge in [-0.2, -0.15) is 0 Å². The van der Waals surface area contributed by atoms with Crippen molar-refractivity contribution in [3.8, 4) is 5.75 Å². The monoisotopic (exact) mass is 342 g/mol. The summed E-state index contributed by atoms with van der Waals surface area (Å²) in [6.45, 7) is -0.334. The SMILES string of the molecule is NC(=O)c1ccc(OCCN2C(O)[C@H](O)[C@@H](O)[C@H](O)[C@H]2CO)cc1. The average Bonchev–Trinajstić information content (AvgIpc) is 2.58. The van der Waals surface area contributed by atoms with Gasteiger partial charge < -0.3 is 36.0 Å². The Morgan fingerprint density at radius 1 is 1.08 bits per heavy atom. The first-order valence-corrected chi connectivity index (χ1v) is 7.48. The van der Waals surface area contributed by atoms with Crippen LogP contribution in [0, 0.1) is 0 Å². The Hall–Kier alpha value is -1.75. The maximum atomic E-state index is 11.0.